The van der Waals surface area contributed by atoms with Crippen LogP contribution >= 0.6 is 27.3 Å². The number of nitrogens with zero attached hydrogens (tertiary/aromatic N) is 2. The summed E-state index contributed by atoms with van der Waals surface area (Å²) in [5.41, 5.74) is 0. The largest absolute Gasteiger partial charge is 0.467 e. The van der Waals surface area contributed by atoms with E-state index in [0.29, 0.717) is 0 Å². The average Bonchev–Trinajstić information content (AvgIpc) is 2.75. The molecule has 88 valence electrons. The van der Waals surface area contributed by atoms with Crippen molar-refractivity contribution in [2.45, 2.75) is 25.3 Å². The minimum Gasteiger partial charge on any atom is -0.467 e. The molecule has 1 fully saturated rings. The summed E-state index contributed by atoms with van der Waals surface area (Å²) < 4.78 is 5.65. The number of halogens is 1. The molecule has 1 saturated heterocycles. The van der Waals surface area contributed by atoms with E-state index in [1.165, 1.54) is 7.11 Å². The number of carbonyl (C=O) groups excluding carboxylic acids is 1. The Hall–Kier alpha value is -0.620. The van der Waals surface area contributed by atoms with Crippen LogP contribution in [0.1, 0.15) is 19.3 Å². The summed E-state index contributed by atoms with van der Waals surface area (Å²) in [6.07, 6.45) is 3.03. The summed E-state index contributed by atoms with van der Waals surface area (Å²) in [5, 5.41) is 2.82. The Morgan fingerprint density at radius 3 is 3.12 bits per heavy atom. The van der Waals surface area contributed by atoms with Gasteiger partial charge in [0.25, 0.3) is 0 Å². The molecule has 0 spiro atoms. The van der Waals surface area contributed by atoms with E-state index >= 15 is 0 Å². The molecule has 1 aromatic rings. The van der Waals surface area contributed by atoms with Gasteiger partial charge in [-0.2, -0.15) is 0 Å². The van der Waals surface area contributed by atoms with Crippen LogP contribution in [0, 0.1) is 0 Å². The molecule has 0 amide bonds. The van der Waals surface area contributed by atoms with Crippen LogP contribution in [0.3, 0.4) is 0 Å². The van der Waals surface area contributed by atoms with Crippen molar-refractivity contribution in [2.24, 2.45) is 0 Å². The van der Waals surface area contributed by atoms with E-state index < -0.39 is 0 Å². The topological polar surface area (TPSA) is 42.4 Å². The van der Waals surface area contributed by atoms with Crippen molar-refractivity contribution < 1.29 is 9.53 Å². The van der Waals surface area contributed by atoms with E-state index in [-0.39, 0.29) is 12.0 Å². The Bertz CT molecular complexity index is 383. The van der Waals surface area contributed by atoms with E-state index in [0.717, 1.165) is 35.5 Å². The highest BCUT2D eigenvalue weighted by atomic mass is 79.9. The normalized spacial score (nSPS) is 20.9. The highest BCUT2D eigenvalue weighted by Crippen LogP contribution is 2.29. The zero-order valence-electron chi connectivity index (χ0n) is 8.98. The maximum atomic E-state index is 11.7. The number of rotatable bonds is 2. The smallest absolute Gasteiger partial charge is 0.328 e. The second kappa shape index (κ2) is 5.14. The molecular formula is C10H13BrN2O2S. The second-order valence-corrected chi connectivity index (χ2v) is 5.33. The van der Waals surface area contributed by atoms with Crippen molar-refractivity contribution in [2.75, 3.05) is 18.6 Å². The van der Waals surface area contributed by atoms with Crippen molar-refractivity contribution in [1.82, 2.24) is 4.98 Å². The molecule has 4 nitrogen and oxygen atoms in total. The number of anilines is 1. The first-order valence-electron chi connectivity index (χ1n) is 5.18. The van der Waals surface area contributed by atoms with Crippen LogP contribution in [0.5, 0.6) is 0 Å². The molecule has 2 rings (SSSR count). The molecule has 0 N–H and O–H groups in total. The third-order valence-electron chi connectivity index (χ3n) is 2.69. The number of aromatic nitrogens is 1. The number of methoxy groups -OCH3 is 1. The van der Waals surface area contributed by atoms with Crippen molar-refractivity contribution in [3.05, 3.63) is 9.98 Å². The zero-order valence-corrected chi connectivity index (χ0v) is 11.4. The zero-order chi connectivity index (χ0) is 11.5. The second-order valence-electron chi connectivity index (χ2n) is 3.68. The lowest BCUT2D eigenvalue weighted by Crippen LogP contribution is -2.45. The van der Waals surface area contributed by atoms with Gasteiger partial charge in [0.1, 0.15) is 10.6 Å². The van der Waals surface area contributed by atoms with Gasteiger partial charge in [-0.05, 0) is 35.2 Å². The average molecular weight is 305 g/mol. The van der Waals surface area contributed by atoms with Crippen molar-refractivity contribution in [3.63, 3.8) is 0 Å². The lowest BCUT2D eigenvalue weighted by atomic mass is 10.0. The Labute approximate surface area is 107 Å². The molecule has 0 aliphatic carbocycles. The van der Waals surface area contributed by atoms with Gasteiger partial charge in [-0.1, -0.05) is 0 Å². The van der Waals surface area contributed by atoms with Crippen molar-refractivity contribution in [1.29, 1.82) is 0 Å². The van der Waals surface area contributed by atoms with Crippen LogP contribution in [-0.4, -0.2) is 30.6 Å². The number of esters is 1. The summed E-state index contributed by atoms with van der Waals surface area (Å²) in [5.74, 6) is -0.161. The van der Waals surface area contributed by atoms with Gasteiger partial charge in [0.05, 0.1) is 7.11 Å². The van der Waals surface area contributed by atoms with Gasteiger partial charge in [-0.25, -0.2) is 9.78 Å². The summed E-state index contributed by atoms with van der Waals surface area (Å²) in [6, 6.07) is -0.170. The maximum Gasteiger partial charge on any atom is 0.328 e. The quantitative estimate of drug-likeness (QED) is 0.787. The highest BCUT2D eigenvalue weighted by Gasteiger charge is 2.31. The number of hydrogen-bond acceptors (Lipinski definition) is 5. The Balaban J connectivity index is 2.19. The summed E-state index contributed by atoms with van der Waals surface area (Å²) >= 11 is 4.88. The molecule has 1 aromatic heterocycles. The maximum absolute atomic E-state index is 11.7. The van der Waals surface area contributed by atoms with E-state index in [9.17, 15) is 4.79 Å². The molecule has 0 radical (unpaired) electrons. The number of carbonyl (C=O) groups is 1. The molecule has 6 heteroatoms. The summed E-state index contributed by atoms with van der Waals surface area (Å²) in [4.78, 5) is 18.1. The van der Waals surface area contributed by atoms with Crippen LogP contribution in [0.25, 0.3) is 0 Å². The predicted octanol–water partition coefficient (Wildman–Crippen LogP) is 2.44. The van der Waals surface area contributed by atoms with Crippen molar-refractivity contribution >= 4 is 38.4 Å². The molecule has 0 saturated carbocycles. The molecule has 1 atom stereocenters. The first-order chi connectivity index (χ1) is 7.72. The SMILES string of the molecule is COC(=O)C1CCCCN1c1nc(Br)cs1. The van der Waals surface area contributed by atoms with Gasteiger partial charge in [-0.15, -0.1) is 11.3 Å². The van der Waals surface area contributed by atoms with Gasteiger partial charge in [0.2, 0.25) is 0 Å². The Morgan fingerprint density at radius 2 is 2.50 bits per heavy atom. The number of ether oxygens (including phenoxy) is 1. The number of thiazole rings is 1. The van der Waals surface area contributed by atoms with Gasteiger partial charge < -0.3 is 9.64 Å². The molecule has 16 heavy (non-hydrogen) atoms. The molecule has 0 aromatic carbocycles. The molecule has 0 bridgehead atoms. The van der Waals surface area contributed by atoms with Gasteiger partial charge >= 0.3 is 5.97 Å². The van der Waals surface area contributed by atoms with E-state index in [1.807, 2.05) is 10.3 Å². The van der Waals surface area contributed by atoms with Crippen molar-refractivity contribution in [3.8, 4) is 0 Å². The Kier molecular flexibility index (Phi) is 3.81. The summed E-state index contributed by atoms with van der Waals surface area (Å²) in [7, 11) is 1.44. The molecular weight excluding hydrogens is 292 g/mol. The fourth-order valence-electron chi connectivity index (χ4n) is 1.92. The molecule has 2 heterocycles. The Morgan fingerprint density at radius 1 is 1.69 bits per heavy atom. The van der Waals surface area contributed by atoms with Crippen LogP contribution in [0.15, 0.2) is 9.98 Å². The molecule has 1 aliphatic heterocycles. The van der Waals surface area contributed by atoms with Crippen LogP contribution in [-0.2, 0) is 9.53 Å². The van der Waals surface area contributed by atoms with Crippen LogP contribution in [0.2, 0.25) is 0 Å². The highest BCUT2D eigenvalue weighted by molar-refractivity contribution is 9.10. The van der Waals surface area contributed by atoms with Gasteiger partial charge in [-0.3, -0.25) is 0 Å². The fraction of sp³-hybridized carbons (Fsp3) is 0.600. The van der Waals surface area contributed by atoms with Crippen LogP contribution in [0.4, 0.5) is 5.13 Å². The summed E-state index contributed by atoms with van der Waals surface area (Å²) in [6.45, 7) is 0.875. The first-order valence-corrected chi connectivity index (χ1v) is 6.85. The van der Waals surface area contributed by atoms with E-state index in [1.54, 1.807) is 11.3 Å². The van der Waals surface area contributed by atoms with Gasteiger partial charge in [0, 0.05) is 11.9 Å². The van der Waals surface area contributed by atoms with Gasteiger partial charge in [0.15, 0.2) is 5.13 Å². The van der Waals surface area contributed by atoms with E-state index in [2.05, 4.69) is 20.9 Å². The number of piperidine rings is 1. The molecule has 1 unspecified atom stereocenters. The third-order valence-corrected chi connectivity index (χ3v) is 4.27. The van der Waals surface area contributed by atoms with E-state index in [4.69, 9.17) is 4.74 Å². The number of hydrogen-bond donors (Lipinski definition) is 0. The minimum atomic E-state index is -0.170. The lowest BCUT2D eigenvalue weighted by Gasteiger charge is -2.33. The van der Waals surface area contributed by atoms with Crippen LogP contribution < -0.4 is 4.90 Å². The predicted molar refractivity (Wildman–Crippen MR) is 66.8 cm³/mol. The first kappa shape index (κ1) is 11.9. The third kappa shape index (κ3) is 2.38. The lowest BCUT2D eigenvalue weighted by molar-refractivity contribution is -0.142. The fourth-order valence-corrected chi connectivity index (χ4v) is 3.24. The molecule has 1 aliphatic rings. The minimum absolute atomic E-state index is 0.161. The standard InChI is InChI=1S/C10H13BrN2O2S/c1-15-9(14)7-4-2-3-5-13(7)10-12-8(11)6-16-10/h6-7H,2-5H2,1H3. The monoisotopic (exact) mass is 304 g/mol.